The fraction of sp³-hybridized carbons (Fsp3) is 0.583. The van der Waals surface area contributed by atoms with E-state index in [0.717, 1.165) is 5.69 Å². The molecule has 1 heteroatoms. The molecule has 0 amide bonds. The molecule has 1 aromatic rings. The van der Waals surface area contributed by atoms with Crippen molar-refractivity contribution in [2.24, 2.45) is 0 Å². The van der Waals surface area contributed by atoms with Crippen LogP contribution in [0.4, 0.5) is 0 Å². The first-order chi connectivity index (χ1) is 6.06. The first kappa shape index (κ1) is 10.2. The van der Waals surface area contributed by atoms with Crippen LogP contribution in [0.2, 0.25) is 0 Å². The number of nitrogens with zero attached hydrogens (tertiary/aromatic N) is 1. The summed E-state index contributed by atoms with van der Waals surface area (Å²) in [5.41, 5.74) is 2.55. The van der Waals surface area contributed by atoms with Crippen molar-refractivity contribution in [2.75, 3.05) is 0 Å². The first-order valence-electron chi connectivity index (χ1n) is 5.00. The quantitative estimate of drug-likeness (QED) is 0.689. The minimum absolute atomic E-state index is 0.223. The summed E-state index contributed by atoms with van der Waals surface area (Å²) in [5.74, 6) is 0. The Morgan fingerprint density at radius 3 is 2.54 bits per heavy atom. The molecule has 0 radical (unpaired) electrons. The topological polar surface area (TPSA) is 12.9 Å². The number of aryl methyl sites for hydroxylation is 1. The maximum Gasteiger partial charge on any atom is 0.0463 e. The second-order valence-electron chi connectivity index (χ2n) is 4.30. The average molecular weight is 177 g/mol. The van der Waals surface area contributed by atoms with Gasteiger partial charge in [-0.2, -0.15) is 0 Å². The highest BCUT2D eigenvalue weighted by atomic mass is 14.7. The summed E-state index contributed by atoms with van der Waals surface area (Å²) in [5, 5.41) is 0. The zero-order chi connectivity index (χ0) is 9.90. The molecule has 72 valence electrons. The van der Waals surface area contributed by atoms with E-state index in [-0.39, 0.29) is 5.41 Å². The van der Waals surface area contributed by atoms with Crippen LogP contribution in [-0.2, 0) is 5.41 Å². The standard InChI is InChI=1S/C12H19N/c1-5-9-12(3,4)11-8-6-7-10(2)13-11/h6-8H,5,9H2,1-4H3. The Hall–Kier alpha value is -0.850. The van der Waals surface area contributed by atoms with Gasteiger partial charge in [0.2, 0.25) is 0 Å². The molecule has 0 saturated heterocycles. The number of rotatable bonds is 3. The highest BCUT2D eigenvalue weighted by Gasteiger charge is 2.20. The predicted molar refractivity (Wildman–Crippen MR) is 56.9 cm³/mol. The molecular weight excluding hydrogens is 158 g/mol. The van der Waals surface area contributed by atoms with Gasteiger partial charge >= 0.3 is 0 Å². The Labute approximate surface area is 81.2 Å². The van der Waals surface area contributed by atoms with Gasteiger partial charge < -0.3 is 0 Å². The van der Waals surface area contributed by atoms with Gasteiger partial charge in [0.25, 0.3) is 0 Å². The summed E-state index contributed by atoms with van der Waals surface area (Å²) >= 11 is 0. The number of hydrogen-bond acceptors (Lipinski definition) is 1. The van der Waals surface area contributed by atoms with E-state index in [9.17, 15) is 0 Å². The third-order valence-corrected chi connectivity index (χ3v) is 2.46. The minimum Gasteiger partial charge on any atom is -0.258 e. The summed E-state index contributed by atoms with van der Waals surface area (Å²) < 4.78 is 0. The van der Waals surface area contributed by atoms with Crippen molar-refractivity contribution in [1.82, 2.24) is 4.98 Å². The summed E-state index contributed by atoms with van der Waals surface area (Å²) in [6.45, 7) is 8.79. The summed E-state index contributed by atoms with van der Waals surface area (Å²) in [4.78, 5) is 4.56. The lowest BCUT2D eigenvalue weighted by molar-refractivity contribution is 0.458. The third-order valence-electron chi connectivity index (χ3n) is 2.46. The average Bonchev–Trinajstić information content (AvgIpc) is 2.04. The van der Waals surface area contributed by atoms with Crippen molar-refractivity contribution < 1.29 is 0 Å². The lowest BCUT2D eigenvalue weighted by atomic mass is 9.84. The van der Waals surface area contributed by atoms with E-state index in [1.807, 2.05) is 13.0 Å². The van der Waals surface area contributed by atoms with Crippen molar-refractivity contribution in [3.05, 3.63) is 29.6 Å². The maximum atomic E-state index is 4.56. The molecule has 1 aromatic heterocycles. The first-order valence-corrected chi connectivity index (χ1v) is 5.00. The second-order valence-corrected chi connectivity index (χ2v) is 4.30. The lowest BCUT2D eigenvalue weighted by Gasteiger charge is -2.23. The van der Waals surface area contributed by atoms with Crippen LogP contribution >= 0.6 is 0 Å². The van der Waals surface area contributed by atoms with Crippen LogP contribution in [0.15, 0.2) is 18.2 Å². The van der Waals surface area contributed by atoms with Gasteiger partial charge in [-0.1, -0.05) is 33.3 Å². The zero-order valence-corrected chi connectivity index (χ0v) is 9.09. The van der Waals surface area contributed by atoms with E-state index in [0.29, 0.717) is 0 Å². The van der Waals surface area contributed by atoms with Crippen LogP contribution in [-0.4, -0.2) is 4.98 Å². The molecular formula is C12H19N. The van der Waals surface area contributed by atoms with Crippen molar-refractivity contribution >= 4 is 0 Å². The Balaban J connectivity index is 2.93. The Bertz CT molecular complexity index is 276. The van der Waals surface area contributed by atoms with Crippen molar-refractivity contribution in [3.63, 3.8) is 0 Å². The molecule has 0 spiro atoms. The van der Waals surface area contributed by atoms with Crippen LogP contribution in [0.1, 0.15) is 45.0 Å². The van der Waals surface area contributed by atoms with Crippen molar-refractivity contribution in [2.45, 2.75) is 46.0 Å². The molecule has 0 unspecified atom stereocenters. The van der Waals surface area contributed by atoms with Gasteiger partial charge in [0, 0.05) is 16.8 Å². The van der Waals surface area contributed by atoms with Crippen LogP contribution in [0, 0.1) is 6.92 Å². The normalized spacial score (nSPS) is 11.7. The highest BCUT2D eigenvalue weighted by Crippen LogP contribution is 2.26. The van der Waals surface area contributed by atoms with Crippen molar-refractivity contribution in [1.29, 1.82) is 0 Å². The molecule has 0 fully saturated rings. The van der Waals surface area contributed by atoms with E-state index >= 15 is 0 Å². The van der Waals surface area contributed by atoms with Gasteiger partial charge in [0.15, 0.2) is 0 Å². The zero-order valence-electron chi connectivity index (χ0n) is 9.09. The highest BCUT2D eigenvalue weighted by molar-refractivity contribution is 5.17. The predicted octanol–water partition coefficient (Wildman–Crippen LogP) is 3.47. The largest absolute Gasteiger partial charge is 0.258 e. The smallest absolute Gasteiger partial charge is 0.0463 e. The van der Waals surface area contributed by atoms with Gasteiger partial charge in [-0.15, -0.1) is 0 Å². The molecule has 1 rings (SSSR count). The van der Waals surface area contributed by atoms with Crippen LogP contribution in [0.5, 0.6) is 0 Å². The molecule has 0 saturated carbocycles. The molecule has 13 heavy (non-hydrogen) atoms. The fourth-order valence-corrected chi connectivity index (χ4v) is 1.67. The third kappa shape index (κ3) is 2.55. The summed E-state index contributed by atoms with van der Waals surface area (Å²) in [7, 11) is 0. The van der Waals surface area contributed by atoms with E-state index < -0.39 is 0 Å². The SMILES string of the molecule is CCCC(C)(C)c1cccc(C)n1. The van der Waals surface area contributed by atoms with Crippen LogP contribution < -0.4 is 0 Å². The van der Waals surface area contributed by atoms with Crippen LogP contribution in [0.3, 0.4) is 0 Å². The molecule has 0 aliphatic carbocycles. The maximum absolute atomic E-state index is 4.56. The molecule has 0 aliphatic rings. The van der Waals surface area contributed by atoms with Gasteiger partial charge in [0.05, 0.1) is 0 Å². The number of aromatic nitrogens is 1. The number of pyridine rings is 1. The van der Waals surface area contributed by atoms with E-state index in [2.05, 4.69) is 37.9 Å². The molecule has 1 heterocycles. The number of hydrogen-bond donors (Lipinski definition) is 0. The van der Waals surface area contributed by atoms with Gasteiger partial charge in [0.1, 0.15) is 0 Å². The molecule has 0 aliphatic heterocycles. The minimum atomic E-state index is 0.223. The molecule has 0 N–H and O–H groups in total. The Morgan fingerprint density at radius 2 is 2.00 bits per heavy atom. The van der Waals surface area contributed by atoms with E-state index in [1.54, 1.807) is 0 Å². The van der Waals surface area contributed by atoms with Gasteiger partial charge in [-0.25, -0.2) is 0 Å². The molecule has 1 nitrogen and oxygen atoms in total. The van der Waals surface area contributed by atoms with E-state index in [1.165, 1.54) is 18.5 Å². The molecule has 0 atom stereocenters. The van der Waals surface area contributed by atoms with Gasteiger partial charge in [-0.3, -0.25) is 4.98 Å². The molecule has 0 aromatic carbocycles. The fourth-order valence-electron chi connectivity index (χ4n) is 1.67. The summed E-state index contributed by atoms with van der Waals surface area (Å²) in [6, 6.07) is 6.27. The van der Waals surface area contributed by atoms with E-state index in [4.69, 9.17) is 0 Å². The Kier molecular flexibility index (Phi) is 3.07. The van der Waals surface area contributed by atoms with Crippen LogP contribution in [0.25, 0.3) is 0 Å². The molecule has 0 bridgehead atoms. The van der Waals surface area contributed by atoms with Gasteiger partial charge in [-0.05, 0) is 25.5 Å². The second kappa shape index (κ2) is 3.91. The monoisotopic (exact) mass is 177 g/mol. The Morgan fingerprint density at radius 1 is 1.31 bits per heavy atom. The summed E-state index contributed by atoms with van der Waals surface area (Å²) in [6.07, 6.45) is 2.41. The lowest BCUT2D eigenvalue weighted by Crippen LogP contribution is -2.18. The van der Waals surface area contributed by atoms with Crippen molar-refractivity contribution in [3.8, 4) is 0 Å².